The molecule has 0 aromatic carbocycles. The minimum Gasteiger partial charge on any atom is -0.468 e. The standard InChI is InChI=1S/C24H31NO7/c1-12(2)30-9-10-31-24(28)19-15(5)25-16-11-13(3)18(23(27)29-6)22(26)20(16)21(19)17-8-7-14(4)32-17/h7-8,12-13,18,21,25H,9-11H2,1-6H3/t13-,18-,21+/m0/s1. The molecule has 0 unspecified atom stereocenters. The summed E-state index contributed by atoms with van der Waals surface area (Å²) in [4.78, 5) is 39.0. The molecule has 3 rings (SSSR count). The van der Waals surface area contributed by atoms with Crippen molar-refractivity contribution in [2.75, 3.05) is 20.3 Å². The molecule has 0 bridgehead atoms. The van der Waals surface area contributed by atoms with Gasteiger partial charge in [0.15, 0.2) is 5.78 Å². The first kappa shape index (κ1) is 23.8. The lowest BCUT2D eigenvalue weighted by Crippen LogP contribution is -2.43. The van der Waals surface area contributed by atoms with E-state index < -0.39 is 23.8 Å². The number of nitrogens with one attached hydrogen (secondary N) is 1. The van der Waals surface area contributed by atoms with E-state index in [2.05, 4.69) is 5.32 Å². The van der Waals surface area contributed by atoms with Crippen LogP contribution in [0.1, 0.15) is 51.6 Å². The average Bonchev–Trinajstić information content (AvgIpc) is 3.15. The first-order valence-corrected chi connectivity index (χ1v) is 10.8. The van der Waals surface area contributed by atoms with Crippen LogP contribution in [0.3, 0.4) is 0 Å². The van der Waals surface area contributed by atoms with Crippen molar-refractivity contribution in [1.29, 1.82) is 0 Å². The number of esters is 2. The van der Waals surface area contributed by atoms with E-state index >= 15 is 0 Å². The highest BCUT2D eigenvalue weighted by atomic mass is 16.6. The third-order valence-corrected chi connectivity index (χ3v) is 5.78. The normalized spacial score (nSPS) is 23.2. The molecule has 8 heteroatoms. The Morgan fingerprint density at radius 2 is 1.94 bits per heavy atom. The van der Waals surface area contributed by atoms with Crippen LogP contribution in [0.2, 0.25) is 0 Å². The van der Waals surface area contributed by atoms with Crippen LogP contribution in [0.25, 0.3) is 0 Å². The van der Waals surface area contributed by atoms with E-state index in [9.17, 15) is 14.4 Å². The Kier molecular flexibility index (Phi) is 7.23. The molecule has 0 radical (unpaired) electrons. The van der Waals surface area contributed by atoms with Crippen molar-refractivity contribution in [2.24, 2.45) is 11.8 Å². The number of rotatable bonds is 7. The third-order valence-electron chi connectivity index (χ3n) is 5.78. The summed E-state index contributed by atoms with van der Waals surface area (Å²) in [6, 6.07) is 3.52. The van der Waals surface area contributed by atoms with Crippen LogP contribution >= 0.6 is 0 Å². The first-order valence-electron chi connectivity index (χ1n) is 10.8. The fourth-order valence-corrected chi connectivity index (χ4v) is 4.34. The molecule has 1 aliphatic heterocycles. The Labute approximate surface area is 188 Å². The van der Waals surface area contributed by atoms with E-state index in [4.69, 9.17) is 18.6 Å². The lowest BCUT2D eigenvalue weighted by molar-refractivity contribution is -0.151. The number of hydrogen-bond donors (Lipinski definition) is 1. The van der Waals surface area contributed by atoms with E-state index in [0.717, 1.165) is 0 Å². The number of aryl methyl sites for hydroxylation is 1. The van der Waals surface area contributed by atoms with Crippen LogP contribution in [0.5, 0.6) is 0 Å². The SMILES string of the molecule is COC(=O)[C@@H]1C(=O)C2=C(C[C@@H]1C)NC(C)=C(C(=O)OCCOC(C)C)[C@H]2c1ccc(C)o1. The minimum atomic E-state index is -0.936. The van der Waals surface area contributed by atoms with Crippen molar-refractivity contribution < 1.29 is 33.0 Å². The third kappa shape index (κ3) is 4.65. The molecule has 1 aromatic rings. The predicted octanol–water partition coefficient (Wildman–Crippen LogP) is 3.17. The van der Waals surface area contributed by atoms with Gasteiger partial charge in [0.1, 0.15) is 24.0 Å². The van der Waals surface area contributed by atoms with Crippen molar-refractivity contribution in [2.45, 2.75) is 53.1 Å². The topological polar surface area (TPSA) is 104 Å². The number of methoxy groups -OCH3 is 1. The number of carbonyl (C=O) groups is 3. The molecular weight excluding hydrogens is 414 g/mol. The summed E-state index contributed by atoms with van der Waals surface area (Å²) < 4.78 is 21.7. The number of ketones is 1. The van der Waals surface area contributed by atoms with Gasteiger partial charge in [-0.25, -0.2) is 4.79 Å². The maximum atomic E-state index is 13.5. The summed E-state index contributed by atoms with van der Waals surface area (Å²) in [6.07, 6.45) is 0.494. The number of ether oxygens (including phenoxy) is 3. The maximum Gasteiger partial charge on any atom is 0.336 e. The number of carbonyl (C=O) groups excluding carboxylic acids is 3. The molecule has 0 saturated heterocycles. The molecule has 174 valence electrons. The molecule has 1 aliphatic carbocycles. The van der Waals surface area contributed by atoms with Crippen LogP contribution in [-0.4, -0.2) is 44.1 Å². The monoisotopic (exact) mass is 445 g/mol. The zero-order valence-corrected chi connectivity index (χ0v) is 19.4. The second kappa shape index (κ2) is 9.73. The van der Waals surface area contributed by atoms with Gasteiger partial charge < -0.3 is 23.9 Å². The fraction of sp³-hybridized carbons (Fsp3) is 0.542. The fourth-order valence-electron chi connectivity index (χ4n) is 4.34. The number of furan rings is 1. The smallest absolute Gasteiger partial charge is 0.336 e. The van der Waals surface area contributed by atoms with Crippen molar-refractivity contribution >= 4 is 17.7 Å². The van der Waals surface area contributed by atoms with E-state index in [0.29, 0.717) is 34.9 Å². The highest BCUT2D eigenvalue weighted by molar-refractivity contribution is 6.12. The first-order chi connectivity index (χ1) is 15.1. The average molecular weight is 446 g/mol. The Morgan fingerprint density at radius 3 is 2.53 bits per heavy atom. The zero-order valence-electron chi connectivity index (χ0n) is 19.4. The quantitative estimate of drug-likeness (QED) is 0.388. The molecule has 1 N–H and O–H groups in total. The molecule has 0 fully saturated rings. The number of hydrogen-bond acceptors (Lipinski definition) is 8. The minimum absolute atomic E-state index is 0.0228. The van der Waals surface area contributed by atoms with Crippen LogP contribution in [0, 0.1) is 18.8 Å². The molecule has 32 heavy (non-hydrogen) atoms. The predicted molar refractivity (Wildman–Crippen MR) is 115 cm³/mol. The Bertz CT molecular complexity index is 969. The van der Waals surface area contributed by atoms with Gasteiger partial charge in [0.2, 0.25) is 0 Å². The molecular formula is C24H31NO7. The largest absolute Gasteiger partial charge is 0.468 e. The zero-order chi connectivity index (χ0) is 23.6. The Hall–Kier alpha value is -2.87. The number of Topliss-reactive ketones (excluding diaryl/α,β-unsaturated/α-hetero) is 1. The van der Waals surface area contributed by atoms with Gasteiger partial charge in [-0.05, 0) is 52.2 Å². The molecule has 0 spiro atoms. The summed E-state index contributed by atoms with van der Waals surface area (Å²) in [5.41, 5.74) is 1.92. The lowest BCUT2D eigenvalue weighted by atomic mass is 9.70. The van der Waals surface area contributed by atoms with Gasteiger partial charge in [0.25, 0.3) is 0 Å². The summed E-state index contributed by atoms with van der Waals surface area (Å²) in [6.45, 7) is 9.55. The van der Waals surface area contributed by atoms with Crippen molar-refractivity contribution in [1.82, 2.24) is 5.32 Å². The highest BCUT2D eigenvalue weighted by Crippen LogP contribution is 2.45. The lowest BCUT2D eigenvalue weighted by Gasteiger charge is -2.37. The van der Waals surface area contributed by atoms with Gasteiger partial charge in [-0.1, -0.05) is 6.92 Å². The van der Waals surface area contributed by atoms with E-state index in [1.54, 1.807) is 26.0 Å². The summed E-state index contributed by atoms with van der Waals surface area (Å²) >= 11 is 0. The van der Waals surface area contributed by atoms with Crippen molar-refractivity contribution in [3.8, 4) is 0 Å². The highest BCUT2D eigenvalue weighted by Gasteiger charge is 2.48. The number of dihydropyridines is 1. The van der Waals surface area contributed by atoms with Crippen molar-refractivity contribution in [3.05, 3.63) is 46.2 Å². The second-order valence-electron chi connectivity index (χ2n) is 8.54. The van der Waals surface area contributed by atoms with Gasteiger partial charge >= 0.3 is 11.9 Å². The molecule has 0 saturated carbocycles. The second-order valence-corrected chi connectivity index (χ2v) is 8.54. The molecule has 3 atom stereocenters. The van der Waals surface area contributed by atoms with Gasteiger partial charge in [0, 0.05) is 17.0 Å². The summed E-state index contributed by atoms with van der Waals surface area (Å²) in [5, 5.41) is 3.22. The molecule has 8 nitrogen and oxygen atoms in total. The molecule has 2 heterocycles. The maximum absolute atomic E-state index is 13.5. The molecule has 2 aliphatic rings. The Morgan fingerprint density at radius 1 is 1.22 bits per heavy atom. The number of allylic oxidation sites excluding steroid dienone is 3. The van der Waals surface area contributed by atoms with Gasteiger partial charge in [0.05, 0.1) is 31.3 Å². The van der Waals surface area contributed by atoms with E-state index in [-0.39, 0.29) is 36.6 Å². The molecule has 0 amide bonds. The van der Waals surface area contributed by atoms with Crippen LogP contribution < -0.4 is 5.32 Å². The molecule has 1 aromatic heterocycles. The van der Waals surface area contributed by atoms with E-state index in [1.807, 2.05) is 20.8 Å². The Balaban J connectivity index is 2.00. The van der Waals surface area contributed by atoms with Gasteiger partial charge in [-0.3, -0.25) is 9.59 Å². The van der Waals surface area contributed by atoms with Crippen molar-refractivity contribution in [3.63, 3.8) is 0 Å². The van der Waals surface area contributed by atoms with Gasteiger partial charge in [-0.15, -0.1) is 0 Å². The van der Waals surface area contributed by atoms with Gasteiger partial charge in [-0.2, -0.15) is 0 Å². The van der Waals surface area contributed by atoms with Crippen LogP contribution in [-0.2, 0) is 28.6 Å². The van der Waals surface area contributed by atoms with Crippen LogP contribution in [0.4, 0.5) is 0 Å². The summed E-state index contributed by atoms with van der Waals surface area (Å²) in [7, 11) is 1.27. The van der Waals surface area contributed by atoms with E-state index in [1.165, 1.54) is 7.11 Å². The van der Waals surface area contributed by atoms with Crippen LogP contribution in [0.15, 0.2) is 39.1 Å². The summed E-state index contributed by atoms with van der Waals surface area (Å²) in [5.74, 6) is -2.35.